The number of rotatable bonds is 4. The summed E-state index contributed by atoms with van der Waals surface area (Å²) in [6, 6.07) is 17.4. The molecule has 5 rings (SSSR count). The number of nitrogens with zero attached hydrogens (tertiary/aromatic N) is 1. The van der Waals surface area contributed by atoms with Crippen LogP contribution < -0.4 is 4.90 Å². The zero-order chi connectivity index (χ0) is 24.3. The number of hydrogen-bond acceptors (Lipinski definition) is 3. The lowest BCUT2D eigenvalue weighted by molar-refractivity contribution is -0.122. The highest BCUT2D eigenvalue weighted by Crippen LogP contribution is 2.49. The second-order valence-corrected chi connectivity index (χ2v) is 15.7. The minimum atomic E-state index is -2.11. The van der Waals surface area contributed by atoms with E-state index in [1.807, 2.05) is 54.7 Å². The standard InChI is InChI=1S/C28H32N2O3Si/c1-28(2,3)34(4,5)33-19-15-21(23-17-29-24-14-10-9-13-20(23)24)25-22(16-19)26(31)30(27(25)32)18-11-7-6-8-12-18/h6-15,17,21-22,25,29H,16H2,1-5H3/t21-,22-,25+/m1/s1. The lowest BCUT2D eigenvalue weighted by Crippen LogP contribution is -2.41. The molecule has 2 aliphatic rings. The molecule has 176 valence electrons. The predicted octanol–water partition coefficient (Wildman–Crippen LogP) is 6.37. The molecule has 0 bridgehead atoms. The van der Waals surface area contributed by atoms with E-state index in [1.54, 1.807) is 0 Å². The first-order valence-corrected chi connectivity index (χ1v) is 14.9. The number of nitrogens with one attached hydrogen (secondary N) is 1. The van der Waals surface area contributed by atoms with Crippen LogP contribution in [0.1, 0.15) is 38.7 Å². The fraction of sp³-hybridized carbons (Fsp3) is 0.357. The molecule has 0 saturated carbocycles. The maximum atomic E-state index is 13.8. The topological polar surface area (TPSA) is 62.4 Å². The fourth-order valence-corrected chi connectivity index (χ4v) is 6.11. The van der Waals surface area contributed by atoms with Crippen molar-refractivity contribution in [2.75, 3.05) is 4.90 Å². The minimum Gasteiger partial charge on any atom is -0.547 e. The minimum absolute atomic E-state index is 0.0343. The van der Waals surface area contributed by atoms with Crippen molar-refractivity contribution >= 4 is 36.7 Å². The Hall–Kier alpha value is -3.12. The van der Waals surface area contributed by atoms with Gasteiger partial charge in [-0.3, -0.25) is 14.5 Å². The number of para-hydroxylation sites is 2. The Bertz CT molecular complexity index is 1290. The summed E-state index contributed by atoms with van der Waals surface area (Å²) < 4.78 is 6.72. The Morgan fingerprint density at radius 3 is 2.35 bits per heavy atom. The molecule has 3 atom stereocenters. The highest BCUT2D eigenvalue weighted by atomic mass is 28.4. The van der Waals surface area contributed by atoms with Crippen molar-refractivity contribution in [2.45, 2.75) is 51.2 Å². The third-order valence-corrected chi connectivity index (χ3v) is 12.2. The van der Waals surface area contributed by atoms with E-state index in [4.69, 9.17) is 4.43 Å². The number of anilines is 1. The van der Waals surface area contributed by atoms with Gasteiger partial charge in [0.25, 0.3) is 0 Å². The molecule has 1 fully saturated rings. The number of aromatic amines is 1. The van der Waals surface area contributed by atoms with Crippen LogP contribution in [0.2, 0.25) is 18.1 Å². The number of aromatic nitrogens is 1. The maximum absolute atomic E-state index is 13.8. The van der Waals surface area contributed by atoms with E-state index in [0.29, 0.717) is 12.1 Å². The van der Waals surface area contributed by atoms with Crippen LogP contribution in [-0.4, -0.2) is 25.1 Å². The number of allylic oxidation sites excluding steroid dienone is 2. The first-order valence-electron chi connectivity index (χ1n) is 12.0. The van der Waals surface area contributed by atoms with Gasteiger partial charge < -0.3 is 9.41 Å². The number of hydrogen-bond donors (Lipinski definition) is 1. The number of carbonyl (C=O) groups is 2. The van der Waals surface area contributed by atoms with Crippen molar-refractivity contribution in [1.82, 2.24) is 4.98 Å². The van der Waals surface area contributed by atoms with Crippen molar-refractivity contribution in [3.63, 3.8) is 0 Å². The Morgan fingerprint density at radius 2 is 1.65 bits per heavy atom. The maximum Gasteiger partial charge on any atom is 0.250 e. The number of imide groups is 1. The average Bonchev–Trinajstić information content (AvgIpc) is 3.32. The second-order valence-electron chi connectivity index (χ2n) is 11.0. The van der Waals surface area contributed by atoms with E-state index in [0.717, 1.165) is 22.2 Å². The molecule has 5 nitrogen and oxygen atoms in total. The molecule has 2 heterocycles. The number of H-pyrrole nitrogens is 1. The molecule has 3 aromatic rings. The lowest BCUT2D eigenvalue weighted by atomic mass is 9.73. The number of carbonyl (C=O) groups excluding carboxylic acids is 2. The molecule has 1 saturated heterocycles. The van der Waals surface area contributed by atoms with E-state index in [1.165, 1.54) is 4.90 Å². The highest BCUT2D eigenvalue weighted by molar-refractivity contribution is 6.74. The summed E-state index contributed by atoms with van der Waals surface area (Å²) in [6.07, 6.45) is 4.57. The largest absolute Gasteiger partial charge is 0.547 e. The van der Waals surface area contributed by atoms with Gasteiger partial charge in [0.2, 0.25) is 20.1 Å². The lowest BCUT2D eigenvalue weighted by Gasteiger charge is -2.40. The van der Waals surface area contributed by atoms with Gasteiger partial charge in [-0.2, -0.15) is 0 Å². The van der Waals surface area contributed by atoms with Crippen molar-refractivity contribution in [1.29, 1.82) is 0 Å². The summed E-state index contributed by atoms with van der Waals surface area (Å²) >= 11 is 0. The van der Waals surface area contributed by atoms with Crippen LogP contribution in [0, 0.1) is 11.8 Å². The summed E-state index contributed by atoms with van der Waals surface area (Å²) in [5.74, 6) is -0.525. The molecule has 34 heavy (non-hydrogen) atoms. The molecule has 1 N–H and O–H groups in total. The molecule has 0 radical (unpaired) electrons. The van der Waals surface area contributed by atoms with Gasteiger partial charge in [0.15, 0.2) is 0 Å². The number of fused-ring (bicyclic) bond motifs is 2. The molecule has 2 aromatic carbocycles. The zero-order valence-corrected chi connectivity index (χ0v) is 21.5. The van der Waals surface area contributed by atoms with Crippen LogP contribution in [0.15, 0.2) is 72.6 Å². The van der Waals surface area contributed by atoms with E-state index >= 15 is 0 Å². The van der Waals surface area contributed by atoms with Crippen LogP contribution in [-0.2, 0) is 14.0 Å². The van der Waals surface area contributed by atoms with Gasteiger partial charge in [0, 0.05) is 29.4 Å². The van der Waals surface area contributed by atoms with Crippen molar-refractivity contribution < 1.29 is 14.0 Å². The summed E-state index contributed by atoms with van der Waals surface area (Å²) in [5, 5.41) is 1.11. The van der Waals surface area contributed by atoms with E-state index in [9.17, 15) is 9.59 Å². The van der Waals surface area contributed by atoms with Crippen molar-refractivity contribution in [3.8, 4) is 0 Å². The van der Waals surface area contributed by atoms with Gasteiger partial charge in [0.1, 0.15) is 0 Å². The molecule has 1 aliphatic carbocycles. The molecule has 1 aromatic heterocycles. The highest BCUT2D eigenvalue weighted by Gasteiger charge is 2.54. The quantitative estimate of drug-likeness (QED) is 0.355. The Morgan fingerprint density at radius 1 is 0.971 bits per heavy atom. The fourth-order valence-electron chi connectivity index (χ4n) is 5.00. The Labute approximate surface area is 201 Å². The number of benzene rings is 2. The summed E-state index contributed by atoms with van der Waals surface area (Å²) in [5.41, 5.74) is 2.70. The predicted molar refractivity (Wildman–Crippen MR) is 138 cm³/mol. The van der Waals surface area contributed by atoms with Crippen LogP contribution in [0.4, 0.5) is 5.69 Å². The van der Waals surface area contributed by atoms with Gasteiger partial charge in [-0.1, -0.05) is 57.2 Å². The monoisotopic (exact) mass is 472 g/mol. The first kappa shape index (κ1) is 22.7. The van der Waals surface area contributed by atoms with Crippen LogP contribution in [0.25, 0.3) is 10.9 Å². The van der Waals surface area contributed by atoms with Gasteiger partial charge in [-0.05, 0) is 48.0 Å². The third-order valence-electron chi connectivity index (χ3n) is 7.84. The normalized spacial score (nSPS) is 23.3. The van der Waals surface area contributed by atoms with Crippen molar-refractivity contribution in [3.05, 3.63) is 78.2 Å². The van der Waals surface area contributed by atoms with Gasteiger partial charge >= 0.3 is 0 Å². The summed E-state index contributed by atoms with van der Waals surface area (Å²) in [7, 11) is -2.11. The Balaban J connectivity index is 1.61. The van der Waals surface area contributed by atoms with Gasteiger partial charge in [0.05, 0.1) is 23.3 Å². The number of amides is 2. The van der Waals surface area contributed by atoms with E-state index in [-0.39, 0.29) is 22.8 Å². The van der Waals surface area contributed by atoms with E-state index < -0.39 is 20.2 Å². The van der Waals surface area contributed by atoms with Gasteiger partial charge in [-0.15, -0.1) is 0 Å². The van der Waals surface area contributed by atoms with Crippen molar-refractivity contribution in [2.24, 2.45) is 11.8 Å². The molecule has 0 spiro atoms. The van der Waals surface area contributed by atoms with Crippen LogP contribution in [0.3, 0.4) is 0 Å². The average molecular weight is 473 g/mol. The van der Waals surface area contributed by atoms with Crippen LogP contribution in [0.5, 0.6) is 0 Å². The molecule has 6 heteroatoms. The Kier molecular flexibility index (Phi) is 5.32. The van der Waals surface area contributed by atoms with E-state index in [2.05, 4.69) is 51.0 Å². The first-order chi connectivity index (χ1) is 16.1. The van der Waals surface area contributed by atoms with Crippen LogP contribution >= 0.6 is 0 Å². The molecule has 1 aliphatic heterocycles. The molecular formula is C28H32N2O3Si. The molecular weight excluding hydrogens is 440 g/mol. The summed E-state index contributed by atoms with van der Waals surface area (Å²) in [6.45, 7) is 11.1. The SMILES string of the molecule is CC(C)(C)[Si](C)(C)OC1=C[C@H](c2c[nH]c3ccccc23)[C@@H]2C(=O)N(c3ccccc3)C(=O)[C@@H]2C1. The third kappa shape index (κ3) is 3.61. The smallest absolute Gasteiger partial charge is 0.250 e. The summed E-state index contributed by atoms with van der Waals surface area (Å²) in [4.78, 5) is 32.2. The second kappa shape index (κ2) is 7.98. The van der Waals surface area contributed by atoms with Gasteiger partial charge in [-0.25, -0.2) is 0 Å². The molecule has 2 amide bonds. The molecule has 0 unspecified atom stereocenters. The zero-order valence-electron chi connectivity index (χ0n) is 20.5.